The molecule has 0 aromatic carbocycles. The maximum Gasteiger partial charge on any atom is 0.226 e. The van der Waals surface area contributed by atoms with Gasteiger partial charge in [0.05, 0.1) is 11.9 Å². The van der Waals surface area contributed by atoms with Crippen molar-refractivity contribution in [2.75, 3.05) is 5.32 Å². The Morgan fingerprint density at radius 1 is 1.56 bits per heavy atom. The molecule has 1 aromatic heterocycles. The molecule has 4 nitrogen and oxygen atoms in total. The maximum absolute atomic E-state index is 13.3. The van der Waals surface area contributed by atoms with E-state index in [0.29, 0.717) is 0 Å². The summed E-state index contributed by atoms with van der Waals surface area (Å²) < 4.78 is 13.3. The summed E-state index contributed by atoms with van der Waals surface area (Å²) in [5.41, 5.74) is 6.09. The van der Waals surface area contributed by atoms with Crippen LogP contribution in [0.15, 0.2) is 18.5 Å². The highest BCUT2D eigenvalue weighted by atomic mass is 19.1. The monoisotopic (exact) mass is 253 g/mol. The molecule has 0 bridgehead atoms. The van der Waals surface area contributed by atoms with Crippen LogP contribution in [0.1, 0.15) is 33.6 Å². The van der Waals surface area contributed by atoms with E-state index in [9.17, 15) is 9.18 Å². The fourth-order valence-corrected chi connectivity index (χ4v) is 1.77. The third kappa shape index (κ3) is 5.23. The Labute approximate surface area is 107 Å². The highest BCUT2D eigenvalue weighted by Crippen LogP contribution is 2.21. The molecule has 1 amide bonds. The van der Waals surface area contributed by atoms with E-state index in [2.05, 4.69) is 31.1 Å². The largest absolute Gasteiger partial charge is 0.327 e. The highest BCUT2D eigenvalue weighted by molar-refractivity contribution is 5.91. The molecule has 0 aliphatic rings. The van der Waals surface area contributed by atoms with Gasteiger partial charge in [-0.2, -0.15) is 0 Å². The van der Waals surface area contributed by atoms with E-state index >= 15 is 0 Å². The van der Waals surface area contributed by atoms with E-state index in [1.54, 1.807) is 0 Å². The molecule has 0 radical (unpaired) electrons. The summed E-state index contributed by atoms with van der Waals surface area (Å²) in [6.45, 7) is 6.19. The molecule has 0 saturated carbocycles. The number of carbonyl (C=O) groups excluding carboxylic acids is 1. The number of anilines is 1. The van der Waals surface area contributed by atoms with Crippen molar-refractivity contribution in [3.05, 3.63) is 24.3 Å². The van der Waals surface area contributed by atoms with Gasteiger partial charge in [-0.25, -0.2) is 4.39 Å². The van der Waals surface area contributed by atoms with E-state index in [0.717, 1.165) is 12.6 Å². The smallest absolute Gasteiger partial charge is 0.226 e. The predicted octanol–water partition coefficient (Wildman–Crippen LogP) is 2.31. The summed E-state index contributed by atoms with van der Waals surface area (Å²) in [7, 11) is 0. The molecule has 0 aliphatic carbocycles. The van der Waals surface area contributed by atoms with Crippen molar-refractivity contribution in [1.29, 1.82) is 0 Å². The van der Waals surface area contributed by atoms with E-state index in [4.69, 9.17) is 5.73 Å². The second kappa shape index (κ2) is 5.91. The van der Waals surface area contributed by atoms with Crippen LogP contribution in [0.4, 0.5) is 10.1 Å². The van der Waals surface area contributed by atoms with Gasteiger partial charge in [-0.05, 0) is 17.9 Å². The normalized spacial score (nSPS) is 13.2. The van der Waals surface area contributed by atoms with Gasteiger partial charge in [0.2, 0.25) is 5.91 Å². The summed E-state index contributed by atoms with van der Waals surface area (Å²) in [6, 6.07) is 1.19. The summed E-state index contributed by atoms with van der Waals surface area (Å²) in [6.07, 6.45) is 3.40. The van der Waals surface area contributed by atoms with Crippen molar-refractivity contribution in [2.45, 2.75) is 39.7 Å². The van der Waals surface area contributed by atoms with E-state index in [1.807, 2.05) is 0 Å². The molecular weight excluding hydrogens is 233 g/mol. The Balaban J connectivity index is 2.50. The summed E-state index contributed by atoms with van der Waals surface area (Å²) in [5, 5.41) is 2.49. The number of carbonyl (C=O) groups is 1. The first kappa shape index (κ1) is 14.6. The van der Waals surface area contributed by atoms with Crippen molar-refractivity contribution in [1.82, 2.24) is 4.98 Å². The van der Waals surface area contributed by atoms with Crippen LogP contribution in [0.5, 0.6) is 0 Å². The van der Waals surface area contributed by atoms with Gasteiger partial charge in [-0.15, -0.1) is 0 Å². The number of hydrogen-bond acceptors (Lipinski definition) is 3. The number of halogens is 1. The van der Waals surface area contributed by atoms with Crippen LogP contribution in [0.3, 0.4) is 0 Å². The lowest BCUT2D eigenvalue weighted by atomic mass is 9.87. The lowest BCUT2D eigenvalue weighted by molar-refractivity contribution is -0.116. The van der Waals surface area contributed by atoms with Gasteiger partial charge in [0.25, 0.3) is 0 Å². The standard InChI is InChI=1S/C13H20FN3O/c1-13(2,3)7-9(15)6-12(18)17-11-4-5-16-8-10(11)14/h4-5,8-9H,6-7,15H2,1-3H3,(H,16,17,18). The first-order chi connectivity index (χ1) is 8.28. The number of hydrogen-bond donors (Lipinski definition) is 2. The lowest BCUT2D eigenvalue weighted by Crippen LogP contribution is -2.31. The van der Waals surface area contributed by atoms with Gasteiger partial charge in [-0.3, -0.25) is 9.78 Å². The van der Waals surface area contributed by atoms with Crippen molar-refractivity contribution < 1.29 is 9.18 Å². The molecule has 0 spiro atoms. The SMILES string of the molecule is CC(C)(C)CC(N)CC(=O)Nc1ccncc1F. The van der Waals surface area contributed by atoms with Gasteiger partial charge >= 0.3 is 0 Å². The summed E-state index contributed by atoms with van der Waals surface area (Å²) in [5.74, 6) is -0.827. The fraction of sp³-hybridized carbons (Fsp3) is 0.538. The molecule has 0 aliphatic heterocycles. The second-order valence-electron chi connectivity index (χ2n) is 5.63. The molecule has 0 saturated heterocycles. The van der Waals surface area contributed by atoms with E-state index in [1.165, 1.54) is 12.3 Å². The Bertz CT molecular complexity index is 415. The number of pyridine rings is 1. The molecule has 1 unspecified atom stereocenters. The van der Waals surface area contributed by atoms with Crippen LogP contribution in [-0.4, -0.2) is 16.9 Å². The van der Waals surface area contributed by atoms with Gasteiger partial charge in [0, 0.05) is 18.7 Å². The molecule has 3 N–H and O–H groups in total. The predicted molar refractivity (Wildman–Crippen MR) is 69.5 cm³/mol. The number of aromatic nitrogens is 1. The first-order valence-electron chi connectivity index (χ1n) is 5.93. The summed E-state index contributed by atoms with van der Waals surface area (Å²) in [4.78, 5) is 15.3. The van der Waals surface area contributed by atoms with Gasteiger partial charge in [0.15, 0.2) is 5.82 Å². The number of nitrogens with zero attached hydrogens (tertiary/aromatic N) is 1. The zero-order chi connectivity index (χ0) is 13.8. The molecule has 1 atom stereocenters. The van der Waals surface area contributed by atoms with Crippen LogP contribution < -0.4 is 11.1 Å². The lowest BCUT2D eigenvalue weighted by Gasteiger charge is -2.22. The molecule has 5 heteroatoms. The molecule has 1 rings (SSSR count). The average molecular weight is 253 g/mol. The molecule has 1 aromatic rings. The van der Waals surface area contributed by atoms with Crippen molar-refractivity contribution in [3.63, 3.8) is 0 Å². The zero-order valence-electron chi connectivity index (χ0n) is 11.0. The van der Waals surface area contributed by atoms with Crippen LogP contribution in [0, 0.1) is 11.2 Å². The van der Waals surface area contributed by atoms with Gasteiger partial charge < -0.3 is 11.1 Å². The minimum Gasteiger partial charge on any atom is -0.327 e. The van der Waals surface area contributed by atoms with E-state index < -0.39 is 5.82 Å². The van der Waals surface area contributed by atoms with Crippen LogP contribution in [0.2, 0.25) is 0 Å². The molecule has 18 heavy (non-hydrogen) atoms. The van der Waals surface area contributed by atoms with Gasteiger partial charge in [0.1, 0.15) is 0 Å². The van der Waals surface area contributed by atoms with Crippen molar-refractivity contribution in [3.8, 4) is 0 Å². The quantitative estimate of drug-likeness (QED) is 0.865. The van der Waals surface area contributed by atoms with Crippen LogP contribution in [0.25, 0.3) is 0 Å². The van der Waals surface area contributed by atoms with Crippen molar-refractivity contribution in [2.24, 2.45) is 11.1 Å². The number of nitrogens with two attached hydrogens (primary N) is 1. The maximum atomic E-state index is 13.3. The number of nitrogens with one attached hydrogen (secondary N) is 1. The Hall–Kier alpha value is -1.49. The molecular formula is C13H20FN3O. The number of rotatable bonds is 4. The zero-order valence-corrected chi connectivity index (χ0v) is 11.0. The Kier molecular flexibility index (Phi) is 4.78. The average Bonchev–Trinajstić information content (AvgIpc) is 2.18. The molecule has 0 fully saturated rings. The Morgan fingerprint density at radius 2 is 2.22 bits per heavy atom. The highest BCUT2D eigenvalue weighted by Gasteiger charge is 2.18. The third-order valence-corrected chi connectivity index (χ3v) is 2.37. The summed E-state index contributed by atoms with van der Waals surface area (Å²) >= 11 is 0. The Morgan fingerprint density at radius 3 is 2.78 bits per heavy atom. The topological polar surface area (TPSA) is 68.0 Å². The molecule has 1 heterocycles. The first-order valence-corrected chi connectivity index (χ1v) is 5.93. The van der Waals surface area contributed by atoms with Crippen molar-refractivity contribution >= 4 is 11.6 Å². The number of amides is 1. The minimum atomic E-state index is -0.546. The fourth-order valence-electron chi connectivity index (χ4n) is 1.77. The second-order valence-corrected chi connectivity index (χ2v) is 5.63. The van der Waals surface area contributed by atoms with Crippen LogP contribution in [-0.2, 0) is 4.79 Å². The molecule has 100 valence electrons. The van der Waals surface area contributed by atoms with Gasteiger partial charge in [-0.1, -0.05) is 20.8 Å². The van der Waals surface area contributed by atoms with Crippen LogP contribution >= 0.6 is 0 Å². The minimum absolute atomic E-state index is 0.0710. The van der Waals surface area contributed by atoms with E-state index in [-0.39, 0.29) is 29.5 Å². The third-order valence-electron chi connectivity index (χ3n) is 2.37.